The molecule has 2 N–H and O–H groups in total. The SMILES string of the molecule is CCN[C@H](C)CNC(=O)c1ccc(-n2ccnc2)cc1. The minimum absolute atomic E-state index is 0.0491. The summed E-state index contributed by atoms with van der Waals surface area (Å²) in [5.74, 6) is -0.0491. The highest BCUT2D eigenvalue weighted by Gasteiger charge is 2.07. The number of carbonyl (C=O) groups excluding carboxylic acids is 1. The molecule has 20 heavy (non-hydrogen) atoms. The fraction of sp³-hybridized carbons (Fsp3) is 0.333. The lowest BCUT2D eigenvalue weighted by molar-refractivity contribution is 0.0950. The van der Waals surface area contributed by atoms with E-state index in [4.69, 9.17) is 0 Å². The third-order valence-corrected chi connectivity index (χ3v) is 3.05. The Labute approximate surface area is 119 Å². The molecule has 5 heteroatoms. The van der Waals surface area contributed by atoms with Crippen LogP contribution in [0.3, 0.4) is 0 Å². The molecule has 2 aromatic rings. The number of hydrogen-bond donors (Lipinski definition) is 2. The molecule has 0 bridgehead atoms. The minimum atomic E-state index is -0.0491. The van der Waals surface area contributed by atoms with E-state index in [2.05, 4.69) is 15.6 Å². The van der Waals surface area contributed by atoms with Gasteiger partial charge in [-0.15, -0.1) is 0 Å². The zero-order valence-corrected chi connectivity index (χ0v) is 11.8. The summed E-state index contributed by atoms with van der Waals surface area (Å²) < 4.78 is 1.90. The molecule has 0 saturated carbocycles. The maximum absolute atomic E-state index is 12.0. The van der Waals surface area contributed by atoms with Crippen molar-refractivity contribution in [2.45, 2.75) is 19.9 Å². The summed E-state index contributed by atoms with van der Waals surface area (Å²) in [6.07, 6.45) is 5.32. The van der Waals surface area contributed by atoms with Gasteiger partial charge in [0.25, 0.3) is 5.91 Å². The number of aromatic nitrogens is 2. The monoisotopic (exact) mass is 272 g/mol. The molecule has 1 atom stereocenters. The van der Waals surface area contributed by atoms with Crippen LogP contribution in [0.1, 0.15) is 24.2 Å². The number of imidazole rings is 1. The van der Waals surface area contributed by atoms with E-state index in [0.717, 1.165) is 12.2 Å². The third kappa shape index (κ3) is 3.68. The second-order valence-corrected chi connectivity index (χ2v) is 4.69. The number of likely N-dealkylation sites (N-methyl/N-ethyl adjacent to an activating group) is 1. The largest absolute Gasteiger partial charge is 0.350 e. The van der Waals surface area contributed by atoms with Gasteiger partial charge in [-0.1, -0.05) is 6.92 Å². The topological polar surface area (TPSA) is 58.9 Å². The number of hydrogen-bond acceptors (Lipinski definition) is 3. The van der Waals surface area contributed by atoms with Gasteiger partial charge in [-0.3, -0.25) is 4.79 Å². The summed E-state index contributed by atoms with van der Waals surface area (Å²) in [7, 11) is 0. The van der Waals surface area contributed by atoms with Gasteiger partial charge in [-0.2, -0.15) is 0 Å². The molecule has 0 unspecified atom stereocenters. The van der Waals surface area contributed by atoms with Gasteiger partial charge in [0.15, 0.2) is 0 Å². The highest BCUT2D eigenvalue weighted by Crippen LogP contribution is 2.09. The van der Waals surface area contributed by atoms with Gasteiger partial charge in [0.05, 0.1) is 6.33 Å². The Hall–Kier alpha value is -2.14. The molecule has 1 heterocycles. The van der Waals surface area contributed by atoms with Crippen molar-refractivity contribution in [3.63, 3.8) is 0 Å². The van der Waals surface area contributed by atoms with Crippen molar-refractivity contribution in [2.24, 2.45) is 0 Å². The lowest BCUT2D eigenvalue weighted by Gasteiger charge is -2.13. The smallest absolute Gasteiger partial charge is 0.251 e. The minimum Gasteiger partial charge on any atom is -0.350 e. The first-order valence-electron chi connectivity index (χ1n) is 6.80. The summed E-state index contributed by atoms with van der Waals surface area (Å²) in [4.78, 5) is 16.0. The second-order valence-electron chi connectivity index (χ2n) is 4.69. The van der Waals surface area contributed by atoms with Crippen LogP contribution in [0.5, 0.6) is 0 Å². The van der Waals surface area contributed by atoms with Crippen LogP contribution in [0.15, 0.2) is 43.0 Å². The Bertz CT molecular complexity index is 534. The third-order valence-electron chi connectivity index (χ3n) is 3.05. The molecule has 0 spiro atoms. The average Bonchev–Trinajstić information content (AvgIpc) is 2.99. The van der Waals surface area contributed by atoms with Crippen molar-refractivity contribution in [1.82, 2.24) is 20.2 Å². The molecule has 0 fully saturated rings. The molecule has 0 aliphatic heterocycles. The van der Waals surface area contributed by atoms with Crippen molar-refractivity contribution < 1.29 is 4.79 Å². The van der Waals surface area contributed by atoms with Crippen molar-refractivity contribution in [1.29, 1.82) is 0 Å². The molecule has 106 valence electrons. The molecule has 5 nitrogen and oxygen atoms in total. The van der Waals surface area contributed by atoms with Crippen LogP contribution in [0.2, 0.25) is 0 Å². The Balaban J connectivity index is 1.94. The fourth-order valence-electron chi connectivity index (χ4n) is 1.97. The highest BCUT2D eigenvalue weighted by molar-refractivity contribution is 5.94. The predicted octanol–water partition coefficient (Wildman–Crippen LogP) is 1.60. The van der Waals surface area contributed by atoms with E-state index in [1.54, 1.807) is 12.5 Å². The van der Waals surface area contributed by atoms with Gasteiger partial charge in [0.2, 0.25) is 0 Å². The van der Waals surface area contributed by atoms with Crippen LogP contribution in [0.25, 0.3) is 5.69 Å². The van der Waals surface area contributed by atoms with Crippen LogP contribution in [-0.4, -0.2) is 34.6 Å². The zero-order chi connectivity index (χ0) is 14.4. The quantitative estimate of drug-likeness (QED) is 0.839. The van der Waals surface area contributed by atoms with E-state index in [9.17, 15) is 4.79 Å². The molecule has 1 aromatic heterocycles. The molecule has 1 amide bonds. The normalized spacial score (nSPS) is 12.1. The van der Waals surface area contributed by atoms with Crippen molar-refractivity contribution in [3.05, 3.63) is 48.5 Å². The fourth-order valence-corrected chi connectivity index (χ4v) is 1.97. The maximum atomic E-state index is 12.0. The lowest BCUT2D eigenvalue weighted by atomic mass is 10.2. The van der Waals surface area contributed by atoms with Crippen molar-refractivity contribution >= 4 is 5.91 Å². The molecule has 2 rings (SSSR count). The number of rotatable bonds is 6. The first-order chi connectivity index (χ1) is 9.70. The maximum Gasteiger partial charge on any atom is 0.251 e. The van der Waals surface area contributed by atoms with Gasteiger partial charge in [0.1, 0.15) is 0 Å². The van der Waals surface area contributed by atoms with Crippen LogP contribution in [-0.2, 0) is 0 Å². The summed E-state index contributed by atoms with van der Waals surface area (Å²) in [5.41, 5.74) is 1.65. The van der Waals surface area contributed by atoms with E-state index in [1.165, 1.54) is 0 Å². The first kappa shape index (κ1) is 14.3. The molecular weight excluding hydrogens is 252 g/mol. The van der Waals surface area contributed by atoms with Crippen LogP contribution < -0.4 is 10.6 Å². The Morgan fingerprint density at radius 1 is 1.35 bits per heavy atom. The molecule has 0 aliphatic carbocycles. The van der Waals surface area contributed by atoms with E-state index >= 15 is 0 Å². The van der Waals surface area contributed by atoms with Crippen molar-refractivity contribution in [3.8, 4) is 5.69 Å². The first-order valence-corrected chi connectivity index (χ1v) is 6.80. The van der Waals surface area contributed by atoms with Crippen molar-refractivity contribution in [2.75, 3.05) is 13.1 Å². The summed E-state index contributed by atoms with van der Waals surface area (Å²) >= 11 is 0. The second kappa shape index (κ2) is 6.86. The molecule has 0 radical (unpaired) electrons. The predicted molar refractivity (Wildman–Crippen MR) is 79.0 cm³/mol. The molecular formula is C15H20N4O. The summed E-state index contributed by atoms with van der Waals surface area (Å²) in [5, 5.41) is 6.17. The standard InChI is InChI=1S/C15H20N4O/c1-3-17-12(2)10-18-15(20)13-4-6-14(7-5-13)19-9-8-16-11-19/h4-9,11-12,17H,3,10H2,1-2H3,(H,18,20)/t12-/m1/s1. The summed E-state index contributed by atoms with van der Waals surface area (Å²) in [6, 6.07) is 7.73. The molecule has 0 aliphatic rings. The van der Waals surface area contributed by atoms with E-state index in [0.29, 0.717) is 12.1 Å². The lowest BCUT2D eigenvalue weighted by Crippen LogP contribution is -2.38. The number of nitrogens with zero attached hydrogens (tertiary/aromatic N) is 2. The van der Waals surface area contributed by atoms with Gasteiger partial charge in [-0.05, 0) is 37.7 Å². The molecule has 1 aromatic carbocycles. The molecule has 0 saturated heterocycles. The van der Waals surface area contributed by atoms with E-state index in [1.807, 2.05) is 48.9 Å². The highest BCUT2D eigenvalue weighted by atomic mass is 16.1. The number of nitrogens with one attached hydrogen (secondary N) is 2. The van der Waals surface area contributed by atoms with Gasteiger partial charge in [0, 0.05) is 36.2 Å². The average molecular weight is 272 g/mol. The van der Waals surface area contributed by atoms with Gasteiger partial charge >= 0.3 is 0 Å². The number of carbonyl (C=O) groups is 1. The number of amides is 1. The van der Waals surface area contributed by atoms with Gasteiger partial charge < -0.3 is 15.2 Å². The summed E-state index contributed by atoms with van der Waals surface area (Å²) in [6.45, 7) is 5.62. The van der Waals surface area contributed by atoms with Crippen LogP contribution >= 0.6 is 0 Å². The Morgan fingerprint density at radius 3 is 2.70 bits per heavy atom. The van der Waals surface area contributed by atoms with Crippen LogP contribution in [0.4, 0.5) is 0 Å². The van der Waals surface area contributed by atoms with Crippen LogP contribution in [0, 0.1) is 0 Å². The van der Waals surface area contributed by atoms with Gasteiger partial charge in [-0.25, -0.2) is 4.98 Å². The zero-order valence-electron chi connectivity index (χ0n) is 11.8. The van der Waals surface area contributed by atoms with E-state index in [-0.39, 0.29) is 11.9 Å². The Morgan fingerprint density at radius 2 is 2.10 bits per heavy atom. The number of benzene rings is 1. The Kier molecular flexibility index (Phi) is 4.90. The van der Waals surface area contributed by atoms with E-state index < -0.39 is 0 Å².